The smallest absolute Gasteiger partial charge is 0.0916 e. The predicted molar refractivity (Wildman–Crippen MR) is 76.1 cm³/mol. The maximum absolute atomic E-state index is 10.2. The molecule has 1 aliphatic heterocycles. The minimum Gasteiger partial charge on any atom is -0.395 e. The zero-order chi connectivity index (χ0) is 13.7. The lowest BCUT2D eigenvalue weighted by molar-refractivity contribution is 0.0661. The molecular formula is C15H24N2O2. The van der Waals surface area contributed by atoms with Gasteiger partial charge < -0.3 is 10.2 Å². The molecule has 106 valence electrons. The summed E-state index contributed by atoms with van der Waals surface area (Å²) in [6, 6.07) is 8.08. The lowest BCUT2D eigenvalue weighted by atomic mass is 10.1. The van der Waals surface area contributed by atoms with E-state index in [-0.39, 0.29) is 6.61 Å². The zero-order valence-electron chi connectivity index (χ0n) is 11.6. The van der Waals surface area contributed by atoms with Gasteiger partial charge in [-0.15, -0.1) is 0 Å². The van der Waals surface area contributed by atoms with Crippen LogP contribution in [0, 0.1) is 6.92 Å². The number of aliphatic hydroxyl groups is 2. The summed E-state index contributed by atoms with van der Waals surface area (Å²) in [6.07, 6.45) is -0.412. The Balaban J connectivity index is 1.80. The molecule has 0 amide bonds. The monoisotopic (exact) mass is 264 g/mol. The number of aliphatic hydroxyl groups excluding tert-OH is 2. The fourth-order valence-electron chi connectivity index (χ4n) is 2.48. The van der Waals surface area contributed by atoms with Crippen LogP contribution in [0.2, 0.25) is 0 Å². The Kier molecular flexibility index (Phi) is 5.34. The van der Waals surface area contributed by atoms with Crippen molar-refractivity contribution in [3.8, 4) is 0 Å². The standard InChI is InChI=1S/C15H24N2O2/c1-13-2-4-14(5-3-13)15(19)12-17-8-6-16(7-9-17)10-11-18/h2-5,15,18-19H,6-12H2,1H3. The van der Waals surface area contributed by atoms with E-state index in [1.807, 2.05) is 24.3 Å². The summed E-state index contributed by atoms with van der Waals surface area (Å²) in [4.78, 5) is 4.55. The van der Waals surface area contributed by atoms with Crippen molar-refractivity contribution < 1.29 is 10.2 Å². The van der Waals surface area contributed by atoms with Gasteiger partial charge >= 0.3 is 0 Å². The summed E-state index contributed by atoms with van der Waals surface area (Å²) < 4.78 is 0. The maximum Gasteiger partial charge on any atom is 0.0916 e. The summed E-state index contributed by atoms with van der Waals surface area (Å²) in [6.45, 7) is 7.60. The van der Waals surface area contributed by atoms with Crippen molar-refractivity contribution in [1.82, 2.24) is 9.80 Å². The molecule has 1 aromatic carbocycles. The topological polar surface area (TPSA) is 46.9 Å². The van der Waals surface area contributed by atoms with E-state index in [1.165, 1.54) is 5.56 Å². The lowest BCUT2D eigenvalue weighted by Gasteiger charge is -2.35. The first-order valence-electron chi connectivity index (χ1n) is 6.99. The highest BCUT2D eigenvalue weighted by atomic mass is 16.3. The fourth-order valence-corrected chi connectivity index (χ4v) is 2.48. The van der Waals surface area contributed by atoms with Crippen LogP contribution in [0.15, 0.2) is 24.3 Å². The Morgan fingerprint density at radius 3 is 2.21 bits per heavy atom. The van der Waals surface area contributed by atoms with Gasteiger partial charge in [0.2, 0.25) is 0 Å². The van der Waals surface area contributed by atoms with Crippen molar-refractivity contribution in [3.63, 3.8) is 0 Å². The van der Waals surface area contributed by atoms with Gasteiger partial charge in [-0.3, -0.25) is 9.80 Å². The molecule has 2 N–H and O–H groups in total. The summed E-state index contributed by atoms with van der Waals surface area (Å²) >= 11 is 0. The van der Waals surface area contributed by atoms with E-state index in [0.717, 1.165) is 38.3 Å². The van der Waals surface area contributed by atoms with Gasteiger partial charge in [0.25, 0.3) is 0 Å². The minimum atomic E-state index is -0.412. The second-order valence-electron chi connectivity index (χ2n) is 5.29. The van der Waals surface area contributed by atoms with Crippen LogP contribution in [-0.2, 0) is 0 Å². The number of piperazine rings is 1. The van der Waals surface area contributed by atoms with E-state index in [1.54, 1.807) is 0 Å². The Morgan fingerprint density at radius 2 is 1.63 bits per heavy atom. The molecule has 4 nitrogen and oxygen atoms in total. The molecule has 1 aliphatic rings. The van der Waals surface area contributed by atoms with Crippen LogP contribution in [0.25, 0.3) is 0 Å². The van der Waals surface area contributed by atoms with Gasteiger partial charge in [0, 0.05) is 39.3 Å². The highest BCUT2D eigenvalue weighted by Crippen LogP contribution is 2.16. The first-order chi connectivity index (χ1) is 9.19. The Morgan fingerprint density at radius 1 is 1.05 bits per heavy atom. The maximum atomic E-state index is 10.2. The quantitative estimate of drug-likeness (QED) is 0.819. The van der Waals surface area contributed by atoms with Crippen molar-refractivity contribution in [1.29, 1.82) is 0 Å². The van der Waals surface area contributed by atoms with Gasteiger partial charge in [0.15, 0.2) is 0 Å². The Labute approximate surface area is 115 Å². The first-order valence-corrected chi connectivity index (χ1v) is 6.99. The molecule has 1 fully saturated rings. The van der Waals surface area contributed by atoms with Crippen LogP contribution in [0.3, 0.4) is 0 Å². The molecule has 0 bridgehead atoms. The third kappa shape index (κ3) is 4.28. The second kappa shape index (κ2) is 7.01. The van der Waals surface area contributed by atoms with Gasteiger partial charge in [-0.2, -0.15) is 0 Å². The van der Waals surface area contributed by atoms with Crippen molar-refractivity contribution in [2.24, 2.45) is 0 Å². The molecule has 4 heteroatoms. The SMILES string of the molecule is Cc1ccc(C(O)CN2CCN(CCO)CC2)cc1. The Bertz CT molecular complexity index is 372. The van der Waals surface area contributed by atoms with Crippen molar-refractivity contribution in [3.05, 3.63) is 35.4 Å². The van der Waals surface area contributed by atoms with Crippen molar-refractivity contribution >= 4 is 0 Å². The summed E-state index contributed by atoms with van der Waals surface area (Å²) in [5.74, 6) is 0. The highest BCUT2D eigenvalue weighted by Gasteiger charge is 2.19. The molecule has 0 saturated carbocycles. The van der Waals surface area contributed by atoms with E-state index in [4.69, 9.17) is 5.11 Å². The molecule has 2 rings (SSSR count). The number of hydrogen-bond donors (Lipinski definition) is 2. The predicted octanol–water partition coefficient (Wildman–Crippen LogP) is 0.638. The second-order valence-corrected chi connectivity index (χ2v) is 5.29. The van der Waals surface area contributed by atoms with Gasteiger partial charge in [-0.25, -0.2) is 0 Å². The molecule has 1 aromatic rings. The number of β-amino-alcohol motifs (C(OH)–C–C–N with tert-alkyl or cyclic N) is 2. The summed E-state index contributed by atoms with van der Waals surface area (Å²) in [5.41, 5.74) is 2.21. The van der Waals surface area contributed by atoms with Gasteiger partial charge in [-0.1, -0.05) is 29.8 Å². The third-order valence-electron chi connectivity index (χ3n) is 3.77. The van der Waals surface area contributed by atoms with Crippen LogP contribution in [0.4, 0.5) is 0 Å². The molecule has 0 radical (unpaired) electrons. The van der Waals surface area contributed by atoms with E-state index in [0.29, 0.717) is 6.54 Å². The third-order valence-corrected chi connectivity index (χ3v) is 3.77. The molecule has 1 heterocycles. The molecule has 0 aliphatic carbocycles. The molecule has 19 heavy (non-hydrogen) atoms. The largest absolute Gasteiger partial charge is 0.395 e. The minimum absolute atomic E-state index is 0.228. The van der Waals surface area contributed by atoms with Crippen LogP contribution in [0.5, 0.6) is 0 Å². The van der Waals surface area contributed by atoms with Crippen LogP contribution in [0.1, 0.15) is 17.2 Å². The van der Waals surface area contributed by atoms with Gasteiger partial charge in [0.05, 0.1) is 12.7 Å². The molecule has 0 spiro atoms. The van der Waals surface area contributed by atoms with E-state index in [2.05, 4.69) is 16.7 Å². The average Bonchev–Trinajstić information content (AvgIpc) is 2.42. The summed E-state index contributed by atoms with van der Waals surface area (Å²) in [7, 11) is 0. The highest BCUT2D eigenvalue weighted by molar-refractivity contribution is 5.23. The van der Waals surface area contributed by atoms with Crippen molar-refractivity contribution in [2.45, 2.75) is 13.0 Å². The van der Waals surface area contributed by atoms with Gasteiger partial charge in [0.1, 0.15) is 0 Å². The number of hydrogen-bond acceptors (Lipinski definition) is 4. The first kappa shape index (κ1) is 14.5. The van der Waals surface area contributed by atoms with E-state index < -0.39 is 6.10 Å². The summed E-state index contributed by atoms with van der Waals surface area (Å²) in [5, 5.41) is 19.1. The lowest BCUT2D eigenvalue weighted by Crippen LogP contribution is -2.48. The molecule has 1 saturated heterocycles. The molecular weight excluding hydrogens is 240 g/mol. The molecule has 0 aromatic heterocycles. The average molecular weight is 264 g/mol. The fraction of sp³-hybridized carbons (Fsp3) is 0.600. The van der Waals surface area contributed by atoms with Crippen LogP contribution < -0.4 is 0 Å². The zero-order valence-corrected chi connectivity index (χ0v) is 11.6. The van der Waals surface area contributed by atoms with Crippen LogP contribution in [-0.4, -0.2) is 65.9 Å². The molecule has 1 atom stereocenters. The van der Waals surface area contributed by atoms with E-state index >= 15 is 0 Å². The molecule has 1 unspecified atom stereocenters. The van der Waals surface area contributed by atoms with E-state index in [9.17, 15) is 5.11 Å². The number of aryl methyl sites for hydroxylation is 1. The van der Waals surface area contributed by atoms with Crippen LogP contribution >= 0.6 is 0 Å². The number of rotatable bonds is 5. The number of benzene rings is 1. The normalized spacial score (nSPS) is 19.5. The number of nitrogens with zero attached hydrogens (tertiary/aromatic N) is 2. The Hall–Kier alpha value is -0.940. The van der Waals surface area contributed by atoms with Gasteiger partial charge in [-0.05, 0) is 12.5 Å². The van der Waals surface area contributed by atoms with Crippen molar-refractivity contribution in [2.75, 3.05) is 45.9 Å².